The van der Waals surface area contributed by atoms with Crippen LogP contribution in [0.3, 0.4) is 0 Å². The van der Waals surface area contributed by atoms with Gasteiger partial charge in [0.1, 0.15) is 13.1 Å². The predicted octanol–water partition coefficient (Wildman–Crippen LogP) is 4.13. The van der Waals surface area contributed by atoms with Gasteiger partial charge in [0.2, 0.25) is 5.78 Å². The van der Waals surface area contributed by atoms with Crippen LogP contribution in [0.5, 0.6) is 0 Å². The van der Waals surface area contributed by atoms with Gasteiger partial charge in [-0.15, -0.1) is 0 Å². The number of hydrogen-bond donors (Lipinski definition) is 1. The number of nitrogens with zero attached hydrogens (tertiary/aromatic N) is 1. The number of Topliss-reactive ketones (excluding diaryl/α,β-unsaturated/α-hetero) is 1. The van der Waals surface area contributed by atoms with Crippen molar-refractivity contribution < 1.29 is 32.3 Å². The van der Waals surface area contributed by atoms with Crippen LogP contribution in [-0.4, -0.2) is 41.6 Å². The van der Waals surface area contributed by atoms with Crippen LogP contribution in [0.25, 0.3) is 0 Å². The molecule has 0 radical (unpaired) electrons. The molecule has 6 nitrogen and oxygen atoms in total. The first kappa shape index (κ1) is 23.8. The van der Waals surface area contributed by atoms with Gasteiger partial charge < -0.3 is 14.6 Å². The number of halogens is 5. The van der Waals surface area contributed by atoms with Gasteiger partial charge >= 0.3 is 12.1 Å². The molecule has 0 fully saturated rings. The summed E-state index contributed by atoms with van der Waals surface area (Å²) in [6, 6.07) is 5.51. The van der Waals surface area contributed by atoms with E-state index in [0.717, 1.165) is 4.57 Å². The fraction of sp³-hybridized carbons (Fsp3) is 0.316. The average molecular weight is 465 g/mol. The zero-order valence-electron chi connectivity index (χ0n) is 15.9. The first-order valence-corrected chi connectivity index (χ1v) is 9.30. The maximum atomic E-state index is 12.7. The van der Waals surface area contributed by atoms with Gasteiger partial charge in [0.05, 0.1) is 10.6 Å². The predicted molar refractivity (Wildman–Crippen MR) is 104 cm³/mol. The number of rotatable bonds is 7. The minimum atomic E-state index is -4.44. The summed E-state index contributed by atoms with van der Waals surface area (Å²) in [5.41, 5.74) is 0.506. The Morgan fingerprint density at radius 1 is 1.10 bits per heavy atom. The molecule has 2 rings (SSSR count). The van der Waals surface area contributed by atoms with Crippen molar-refractivity contribution in [2.45, 2.75) is 26.6 Å². The van der Waals surface area contributed by atoms with Gasteiger partial charge in [0.15, 0.2) is 6.61 Å². The number of aromatic nitrogens is 1. The smallest absolute Gasteiger partial charge is 0.406 e. The number of aryl methyl sites for hydroxylation is 1. The second kappa shape index (κ2) is 9.53. The molecule has 0 unspecified atom stereocenters. The Balaban J connectivity index is 1.91. The highest BCUT2D eigenvalue weighted by atomic mass is 35.5. The Morgan fingerprint density at radius 2 is 1.77 bits per heavy atom. The standard InChI is InChI=1S/C19H17Cl2F3N2O4/c1-10-5-14(11(2)26(10)9-19(22,23)24)16(27)8-30-17(28)7-25-18(29)13-4-3-12(20)6-15(13)21/h3-6H,7-9H2,1-2H3,(H,25,29). The lowest BCUT2D eigenvalue weighted by Crippen LogP contribution is -2.31. The number of hydrogen-bond acceptors (Lipinski definition) is 4. The number of amides is 1. The summed E-state index contributed by atoms with van der Waals surface area (Å²) in [6.45, 7) is 0.394. The maximum absolute atomic E-state index is 12.7. The van der Waals surface area contributed by atoms with Crippen molar-refractivity contribution in [3.8, 4) is 0 Å². The topological polar surface area (TPSA) is 77.4 Å². The van der Waals surface area contributed by atoms with Crippen LogP contribution >= 0.6 is 23.2 Å². The van der Waals surface area contributed by atoms with Crippen molar-refractivity contribution in [3.05, 3.63) is 56.8 Å². The summed E-state index contributed by atoms with van der Waals surface area (Å²) in [6.07, 6.45) is -4.44. The third-order valence-corrected chi connectivity index (χ3v) is 4.69. The molecule has 1 aromatic heterocycles. The molecule has 0 atom stereocenters. The van der Waals surface area contributed by atoms with Gasteiger partial charge in [-0.05, 0) is 38.1 Å². The minimum absolute atomic E-state index is 0.0292. The van der Waals surface area contributed by atoms with Crippen molar-refractivity contribution >= 4 is 40.9 Å². The lowest BCUT2D eigenvalue weighted by atomic mass is 10.1. The Labute approximate surface area is 179 Å². The van der Waals surface area contributed by atoms with Crippen molar-refractivity contribution in [2.75, 3.05) is 13.2 Å². The molecule has 162 valence electrons. The van der Waals surface area contributed by atoms with Crippen LogP contribution in [0.15, 0.2) is 24.3 Å². The van der Waals surface area contributed by atoms with Gasteiger partial charge in [-0.2, -0.15) is 13.2 Å². The Morgan fingerprint density at radius 3 is 2.37 bits per heavy atom. The van der Waals surface area contributed by atoms with Crippen molar-refractivity contribution in [1.29, 1.82) is 0 Å². The Hall–Kier alpha value is -2.52. The molecule has 0 aliphatic heterocycles. The van der Waals surface area contributed by atoms with Crippen molar-refractivity contribution in [2.24, 2.45) is 0 Å². The van der Waals surface area contributed by atoms with Crippen LogP contribution in [0.1, 0.15) is 32.1 Å². The van der Waals surface area contributed by atoms with Crippen LogP contribution in [0, 0.1) is 13.8 Å². The number of ketones is 1. The molecule has 0 saturated carbocycles. The number of benzene rings is 1. The normalized spacial score (nSPS) is 11.3. The summed E-state index contributed by atoms with van der Waals surface area (Å²) in [4.78, 5) is 36.1. The summed E-state index contributed by atoms with van der Waals surface area (Å²) in [7, 11) is 0. The molecular weight excluding hydrogens is 448 g/mol. The number of carbonyl (C=O) groups is 3. The highest BCUT2D eigenvalue weighted by Crippen LogP contribution is 2.23. The van der Waals surface area contributed by atoms with Crippen molar-refractivity contribution in [1.82, 2.24) is 9.88 Å². The summed E-state index contributed by atoms with van der Waals surface area (Å²) in [5, 5.41) is 2.72. The second-order valence-electron chi connectivity index (χ2n) is 6.38. The van der Waals surface area contributed by atoms with E-state index >= 15 is 0 Å². The van der Waals surface area contributed by atoms with Crippen LogP contribution < -0.4 is 5.32 Å². The third kappa shape index (κ3) is 6.24. The number of esters is 1. The van der Waals surface area contributed by atoms with E-state index in [1.165, 1.54) is 38.1 Å². The van der Waals surface area contributed by atoms with E-state index in [-0.39, 0.29) is 27.5 Å². The lowest BCUT2D eigenvalue weighted by Gasteiger charge is -2.12. The monoisotopic (exact) mass is 464 g/mol. The van der Waals surface area contributed by atoms with Crippen LogP contribution in [0.4, 0.5) is 13.2 Å². The van der Waals surface area contributed by atoms with Gasteiger partial charge in [0.25, 0.3) is 5.91 Å². The van der Waals surface area contributed by atoms with Crippen LogP contribution in [-0.2, 0) is 16.1 Å². The molecule has 0 bridgehead atoms. The van der Waals surface area contributed by atoms with Gasteiger partial charge in [-0.3, -0.25) is 14.4 Å². The number of alkyl halides is 3. The SMILES string of the molecule is Cc1cc(C(=O)COC(=O)CNC(=O)c2ccc(Cl)cc2Cl)c(C)n1CC(F)(F)F. The van der Waals surface area contributed by atoms with Gasteiger partial charge in [-0.25, -0.2) is 0 Å². The zero-order chi connectivity index (χ0) is 22.6. The lowest BCUT2D eigenvalue weighted by molar-refractivity contribution is -0.141. The fourth-order valence-corrected chi connectivity index (χ4v) is 3.20. The van der Waals surface area contributed by atoms with E-state index in [0.29, 0.717) is 5.02 Å². The number of ether oxygens (including phenoxy) is 1. The van der Waals surface area contributed by atoms with E-state index in [1.807, 2.05) is 0 Å². The highest BCUT2D eigenvalue weighted by Gasteiger charge is 2.30. The van der Waals surface area contributed by atoms with E-state index in [1.54, 1.807) is 0 Å². The third-order valence-electron chi connectivity index (χ3n) is 4.14. The van der Waals surface area contributed by atoms with Gasteiger partial charge in [0, 0.05) is 22.0 Å². The molecule has 1 aromatic carbocycles. The summed E-state index contributed by atoms with van der Waals surface area (Å²) >= 11 is 11.6. The Kier molecular flexibility index (Phi) is 7.54. The van der Waals surface area contributed by atoms with E-state index in [2.05, 4.69) is 5.32 Å². The quantitative estimate of drug-likeness (QED) is 0.493. The summed E-state index contributed by atoms with van der Waals surface area (Å²) < 4.78 is 43.7. The summed E-state index contributed by atoms with van der Waals surface area (Å²) in [5.74, 6) is -2.20. The molecular formula is C19H17Cl2F3N2O4. The highest BCUT2D eigenvalue weighted by molar-refractivity contribution is 6.36. The molecule has 1 amide bonds. The van der Waals surface area contributed by atoms with E-state index in [4.69, 9.17) is 27.9 Å². The minimum Gasteiger partial charge on any atom is -0.456 e. The fourth-order valence-electron chi connectivity index (χ4n) is 2.70. The van der Waals surface area contributed by atoms with Gasteiger partial charge in [-0.1, -0.05) is 23.2 Å². The molecule has 30 heavy (non-hydrogen) atoms. The molecule has 11 heteroatoms. The van der Waals surface area contributed by atoms with E-state index < -0.39 is 43.5 Å². The van der Waals surface area contributed by atoms with Crippen LogP contribution in [0.2, 0.25) is 10.0 Å². The average Bonchev–Trinajstić information content (AvgIpc) is 2.91. The molecule has 1 N–H and O–H groups in total. The largest absolute Gasteiger partial charge is 0.456 e. The molecule has 1 heterocycles. The first-order chi connectivity index (χ1) is 13.9. The molecule has 0 spiro atoms. The number of nitrogens with one attached hydrogen (secondary N) is 1. The Bertz CT molecular complexity index is 987. The first-order valence-electron chi connectivity index (χ1n) is 8.54. The molecule has 2 aromatic rings. The van der Waals surface area contributed by atoms with Crippen molar-refractivity contribution in [3.63, 3.8) is 0 Å². The van der Waals surface area contributed by atoms with E-state index in [9.17, 15) is 27.6 Å². The number of carbonyl (C=O) groups excluding carboxylic acids is 3. The zero-order valence-corrected chi connectivity index (χ0v) is 17.4. The molecule has 0 aliphatic carbocycles. The second-order valence-corrected chi connectivity index (χ2v) is 7.22. The maximum Gasteiger partial charge on any atom is 0.406 e. The molecule has 0 aliphatic rings. The molecule has 0 saturated heterocycles.